The van der Waals surface area contributed by atoms with Crippen LogP contribution >= 0.6 is 46.7 Å². The van der Waals surface area contributed by atoms with Gasteiger partial charge < -0.3 is 0 Å². The summed E-state index contributed by atoms with van der Waals surface area (Å²) < 4.78 is 137. The molecule has 2 aromatic carbocycles. The summed E-state index contributed by atoms with van der Waals surface area (Å²) in [5.41, 5.74) is -14.3. The maximum absolute atomic E-state index is 15.2. The number of hydrogen-bond donors (Lipinski definition) is 0. The van der Waals surface area contributed by atoms with Gasteiger partial charge in [0.05, 0.1) is 11.1 Å². The second-order valence-electron chi connectivity index (χ2n) is 7.03. The van der Waals surface area contributed by atoms with Crippen LogP contribution in [0.25, 0.3) is 0 Å². The van der Waals surface area contributed by atoms with E-state index in [-0.39, 0.29) is 0 Å². The highest BCUT2D eigenvalue weighted by Gasteiger charge is 2.39. The Labute approximate surface area is 216 Å². The molecule has 0 fully saturated rings. The van der Waals surface area contributed by atoms with Crippen LogP contribution in [-0.2, 0) is 0 Å². The van der Waals surface area contributed by atoms with E-state index in [9.17, 15) is 39.9 Å². The zero-order valence-electron chi connectivity index (χ0n) is 17.6. The molecule has 0 amide bonds. The van der Waals surface area contributed by atoms with Crippen LogP contribution in [0.1, 0.15) is 50.4 Å². The molecule has 0 bridgehead atoms. The summed E-state index contributed by atoms with van der Waals surface area (Å²) in [6.07, 6.45) is -1.11. The lowest BCUT2D eigenvalue weighted by Gasteiger charge is -2.21. The first-order valence-corrected chi connectivity index (χ1v) is 12.6. The minimum Gasteiger partial charge on any atom is -0.288 e. The Hall–Kier alpha value is -1.31. The second-order valence-corrected chi connectivity index (χ2v) is 10.3. The molecule has 0 aromatic heterocycles. The Bertz CT molecular complexity index is 1010. The van der Waals surface area contributed by atoms with E-state index < -0.39 is 121 Å². The number of carbonyl (C=O) groups excluding carboxylic acids is 1. The zero-order chi connectivity index (χ0) is 27.4. The van der Waals surface area contributed by atoms with E-state index in [4.69, 9.17) is 23.2 Å². The van der Waals surface area contributed by atoms with Crippen LogP contribution in [0.2, 0.25) is 0 Å². The molecule has 0 saturated carbocycles. The van der Waals surface area contributed by atoms with Gasteiger partial charge in [0.1, 0.15) is 23.3 Å². The van der Waals surface area contributed by atoms with Gasteiger partial charge in [0.25, 0.3) is 0 Å². The molecule has 36 heavy (non-hydrogen) atoms. The zero-order valence-corrected chi connectivity index (χ0v) is 20.7. The van der Waals surface area contributed by atoms with Crippen molar-refractivity contribution in [3.63, 3.8) is 0 Å². The molecule has 0 saturated heterocycles. The van der Waals surface area contributed by atoms with Crippen LogP contribution in [0.3, 0.4) is 0 Å². The number of hydrogen-bond acceptors (Lipinski definition) is 3. The van der Waals surface area contributed by atoms with Gasteiger partial charge in [-0.05, 0) is 60.6 Å². The van der Waals surface area contributed by atoms with Crippen molar-refractivity contribution in [3.05, 3.63) is 69.8 Å². The molecule has 2 rings (SSSR count). The maximum Gasteiger partial charge on any atom is 0.442 e. The normalized spacial score (nSPS) is 14.1. The Kier molecular flexibility index (Phi) is 10.7. The fraction of sp³-hybridized carbons (Fsp3) is 0.381. The Morgan fingerprint density at radius 2 is 1.03 bits per heavy atom. The van der Waals surface area contributed by atoms with Crippen LogP contribution < -0.4 is 0 Å². The number of alkyl halides is 8. The standard InChI is InChI=1S/C21H14Cl2F10OS2/c22-7-5-13(35-20(28,29)30)15-11(24)3-1-9(17(15)26)19(34)10-2-4-12(25)16(18(10)27)14(6-8-23)36-21(31,32)33/h1-4,13-14H,5-8H2. The predicted octanol–water partition coefficient (Wildman–Crippen LogP) is 9.32. The van der Waals surface area contributed by atoms with Gasteiger partial charge in [0.2, 0.25) is 0 Å². The molecule has 2 aromatic rings. The SMILES string of the molecule is O=C(c1ccc(F)c(C(CCCl)SC(F)(F)F)c1F)c1ccc(F)c(C(CCCl)SC(F)(F)F)c1F. The summed E-state index contributed by atoms with van der Waals surface area (Å²) in [5, 5.41) is -3.81. The molecular weight excluding hydrogens is 593 g/mol. The number of thioether (sulfide) groups is 2. The molecule has 2 unspecified atom stereocenters. The van der Waals surface area contributed by atoms with Gasteiger partial charge in [0, 0.05) is 33.4 Å². The van der Waals surface area contributed by atoms with Crippen molar-refractivity contribution >= 4 is 52.5 Å². The van der Waals surface area contributed by atoms with Crippen LogP contribution in [0.5, 0.6) is 0 Å². The highest BCUT2D eigenvalue weighted by atomic mass is 35.5. The van der Waals surface area contributed by atoms with Crippen LogP contribution in [0, 0.1) is 23.3 Å². The van der Waals surface area contributed by atoms with Crippen LogP contribution in [0.4, 0.5) is 43.9 Å². The van der Waals surface area contributed by atoms with Crippen molar-refractivity contribution in [2.75, 3.05) is 11.8 Å². The highest BCUT2D eigenvalue weighted by molar-refractivity contribution is 8.00. The van der Waals surface area contributed by atoms with E-state index >= 15 is 8.78 Å². The van der Waals surface area contributed by atoms with Crippen molar-refractivity contribution in [1.29, 1.82) is 0 Å². The van der Waals surface area contributed by atoms with E-state index in [0.29, 0.717) is 24.3 Å². The molecule has 1 nitrogen and oxygen atoms in total. The number of rotatable bonds is 10. The van der Waals surface area contributed by atoms with Gasteiger partial charge >= 0.3 is 11.0 Å². The molecule has 0 aliphatic carbocycles. The molecular formula is C21H14Cl2F10OS2. The minimum atomic E-state index is -4.93. The number of halogens is 12. The summed E-state index contributed by atoms with van der Waals surface area (Å²) >= 11 is 9.38. The Morgan fingerprint density at radius 1 is 0.694 bits per heavy atom. The maximum atomic E-state index is 15.2. The molecule has 200 valence electrons. The van der Waals surface area contributed by atoms with E-state index in [1.54, 1.807) is 0 Å². The van der Waals surface area contributed by atoms with E-state index in [1.807, 2.05) is 0 Å². The molecule has 15 heteroatoms. The molecule has 0 heterocycles. The number of benzene rings is 2. The molecule has 0 spiro atoms. The van der Waals surface area contributed by atoms with Crippen molar-refractivity contribution in [3.8, 4) is 0 Å². The summed E-state index contributed by atoms with van der Waals surface area (Å²) in [6, 6.07) is 2.05. The lowest BCUT2D eigenvalue weighted by atomic mass is 9.95. The van der Waals surface area contributed by atoms with Gasteiger partial charge in [-0.1, -0.05) is 0 Å². The summed E-state index contributed by atoms with van der Waals surface area (Å²) in [6.45, 7) is 0. The van der Waals surface area contributed by atoms with Crippen molar-refractivity contribution in [1.82, 2.24) is 0 Å². The highest BCUT2D eigenvalue weighted by Crippen LogP contribution is 2.47. The number of carbonyl (C=O) groups is 1. The number of ketones is 1. The van der Waals surface area contributed by atoms with E-state index in [0.717, 1.165) is 0 Å². The first-order valence-electron chi connectivity index (χ1n) is 9.72. The predicted molar refractivity (Wildman–Crippen MR) is 120 cm³/mol. The van der Waals surface area contributed by atoms with Crippen LogP contribution in [0.15, 0.2) is 24.3 Å². The third-order valence-corrected chi connectivity index (χ3v) is 7.16. The smallest absolute Gasteiger partial charge is 0.288 e. The average Bonchev–Trinajstić information content (AvgIpc) is 2.71. The molecule has 0 aliphatic rings. The summed E-state index contributed by atoms with van der Waals surface area (Å²) in [5.74, 6) is -8.74. The third kappa shape index (κ3) is 7.84. The molecule has 0 N–H and O–H groups in total. The van der Waals surface area contributed by atoms with Crippen molar-refractivity contribution in [2.45, 2.75) is 34.4 Å². The summed E-state index contributed by atoms with van der Waals surface area (Å²) in [4.78, 5) is 12.9. The average molecular weight is 607 g/mol. The van der Waals surface area contributed by atoms with Crippen LogP contribution in [-0.4, -0.2) is 28.6 Å². The van der Waals surface area contributed by atoms with E-state index in [1.165, 1.54) is 0 Å². The lowest BCUT2D eigenvalue weighted by molar-refractivity contribution is -0.0343. The molecule has 0 radical (unpaired) electrons. The van der Waals surface area contributed by atoms with Gasteiger partial charge in [0.15, 0.2) is 5.78 Å². The van der Waals surface area contributed by atoms with Gasteiger partial charge in [-0.15, -0.1) is 23.2 Å². The fourth-order valence-corrected chi connectivity index (χ4v) is 5.75. The third-order valence-electron chi connectivity index (χ3n) is 4.68. The van der Waals surface area contributed by atoms with E-state index in [2.05, 4.69) is 0 Å². The minimum absolute atomic E-state index is 0.431. The van der Waals surface area contributed by atoms with Gasteiger partial charge in [-0.25, -0.2) is 17.6 Å². The summed E-state index contributed by atoms with van der Waals surface area (Å²) in [7, 11) is 0. The first kappa shape index (κ1) is 30.9. The Balaban J connectivity index is 2.63. The quantitative estimate of drug-likeness (QED) is 0.152. The van der Waals surface area contributed by atoms with Gasteiger partial charge in [-0.2, -0.15) is 26.3 Å². The fourth-order valence-electron chi connectivity index (χ4n) is 3.27. The largest absolute Gasteiger partial charge is 0.442 e. The monoisotopic (exact) mass is 606 g/mol. The van der Waals surface area contributed by atoms with Crippen molar-refractivity contribution in [2.24, 2.45) is 0 Å². The first-order chi connectivity index (χ1) is 16.6. The second kappa shape index (κ2) is 12.5. The van der Waals surface area contributed by atoms with Gasteiger partial charge in [-0.3, -0.25) is 4.79 Å². The Morgan fingerprint density at radius 3 is 1.31 bits per heavy atom. The molecule has 2 atom stereocenters. The lowest BCUT2D eigenvalue weighted by Crippen LogP contribution is -2.16. The topological polar surface area (TPSA) is 17.1 Å². The van der Waals surface area contributed by atoms with Crippen molar-refractivity contribution < 1.29 is 48.7 Å². The molecule has 0 aliphatic heterocycles.